The highest BCUT2D eigenvalue weighted by atomic mass is 16.4. The molecule has 0 spiro atoms. The van der Waals surface area contributed by atoms with E-state index in [9.17, 15) is 14.7 Å². The Morgan fingerprint density at radius 3 is 2.87 bits per heavy atom. The molecule has 1 amide bonds. The van der Waals surface area contributed by atoms with E-state index in [1.54, 1.807) is 30.3 Å². The second-order valence-corrected chi connectivity index (χ2v) is 5.40. The van der Waals surface area contributed by atoms with E-state index < -0.39 is 5.97 Å². The van der Waals surface area contributed by atoms with Gasteiger partial charge in [0, 0.05) is 18.7 Å². The number of aromatic nitrogens is 2. The molecule has 0 unspecified atom stereocenters. The fourth-order valence-corrected chi connectivity index (χ4v) is 2.97. The normalized spacial score (nSPS) is 13.7. The number of hydrogen-bond acceptors (Lipinski definition) is 3. The standard InChI is InChI=1S/C17H13N3O3/c21-16-12-5-2-6-13-14(12)20(8-7-18-16)15(19-13)10-3-1-4-11(9-10)17(22)23/h1-6,9H,7-8H2,(H,18,21)(H,22,23). The summed E-state index contributed by atoms with van der Waals surface area (Å²) in [5.74, 6) is -0.413. The minimum absolute atomic E-state index is 0.111. The Labute approximate surface area is 131 Å². The first-order chi connectivity index (χ1) is 11.1. The van der Waals surface area contributed by atoms with Gasteiger partial charge in [0.2, 0.25) is 0 Å². The smallest absolute Gasteiger partial charge is 0.335 e. The quantitative estimate of drug-likeness (QED) is 0.759. The van der Waals surface area contributed by atoms with Crippen molar-refractivity contribution in [3.63, 3.8) is 0 Å². The number of imidazole rings is 1. The summed E-state index contributed by atoms with van der Waals surface area (Å²) in [6.07, 6.45) is 0. The first-order valence-electron chi connectivity index (χ1n) is 7.26. The van der Waals surface area contributed by atoms with E-state index in [2.05, 4.69) is 10.3 Å². The van der Waals surface area contributed by atoms with Gasteiger partial charge in [-0.05, 0) is 24.3 Å². The fraction of sp³-hybridized carbons (Fsp3) is 0.118. The molecule has 114 valence electrons. The van der Waals surface area contributed by atoms with Crippen LogP contribution >= 0.6 is 0 Å². The summed E-state index contributed by atoms with van der Waals surface area (Å²) in [5, 5.41) is 12.0. The van der Waals surface area contributed by atoms with Crippen LogP contribution in [0, 0.1) is 0 Å². The van der Waals surface area contributed by atoms with Gasteiger partial charge in [-0.25, -0.2) is 9.78 Å². The molecule has 0 fully saturated rings. The largest absolute Gasteiger partial charge is 0.478 e. The van der Waals surface area contributed by atoms with Gasteiger partial charge in [0.15, 0.2) is 0 Å². The highest BCUT2D eigenvalue weighted by Crippen LogP contribution is 2.28. The zero-order valence-electron chi connectivity index (χ0n) is 12.1. The molecule has 3 aromatic rings. The molecule has 6 nitrogen and oxygen atoms in total. The zero-order chi connectivity index (χ0) is 16.0. The fourth-order valence-electron chi connectivity index (χ4n) is 2.97. The third-order valence-corrected chi connectivity index (χ3v) is 4.00. The van der Waals surface area contributed by atoms with Gasteiger partial charge < -0.3 is 15.0 Å². The monoisotopic (exact) mass is 307 g/mol. The van der Waals surface area contributed by atoms with E-state index in [0.29, 0.717) is 24.5 Å². The topological polar surface area (TPSA) is 84.2 Å². The maximum atomic E-state index is 12.2. The number of aromatic carboxylic acids is 1. The lowest BCUT2D eigenvalue weighted by Gasteiger charge is -2.07. The minimum atomic E-state index is -0.976. The lowest BCUT2D eigenvalue weighted by molar-refractivity contribution is 0.0696. The molecule has 23 heavy (non-hydrogen) atoms. The lowest BCUT2D eigenvalue weighted by atomic mass is 10.1. The predicted octanol–water partition coefficient (Wildman–Crippen LogP) is 2.14. The Bertz CT molecular complexity index is 959. The number of carbonyl (C=O) groups is 2. The van der Waals surface area contributed by atoms with Gasteiger partial charge in [-0.2, -0.15) is 0 Å². The summed E-state index contributed by atoms with van der Waals surface area (Å²) in [7, 11) is 0. The summed E-state index contributed by atoms with van der Waals surface area (Å²) in [5.41, 5.74) is 3.05. The van der Waals surface area contributed by atoms with Crippen molar-refractivity contribution in [2.75, 3.05) is 6.54 Å². The Hall–Kier alpha value is -3.15. The number of benzene rings is 2. The molecule has 0 bridgehead atoms. The van der Waals surface area contributed by atoms with Crippen LogP contribution in [-0.2, 0) is 6.54 Å². The van der Waals surface area contributed by atoms with Gasteiger partial charge in [0.05, 0.1) is 22.2 Å². The number of amides is 1. The SMILES string of the molecule is O=C(O)c1cccc(-c2nc3cccc4c3n2CCNC4=O)c1. The number of carbonyl (C=O) groups excluding carboxylic acids is 1. The highest BCUT2D eigenvalue weighted by Gasteiger charge is 2.21. The van der Waals surface area contributed by atoms with Crippen LogP contribution in [0.15, 0.2) is 42.5 Å². The molecule has 0 saturated carbocycles. The van der Waals surface area contributed by atoms with Gasteiger partial charge in [-0.1, -0.05) is 18.2 Å². The maximum absolute atomic E-state index is 12.2. The first-order valence-corrected chi connectivity index (χ1v) is 7.26. The third-order valence-electron chi connectivity index (χ3n) is 4.00. The van der Waals surface area contributed by atoms with Crippen molar-refractivity contribution < 1.29 is 14.7 Å². The van der Waals surface area contributed by atoms with E-state index in [1.165, 1.54) is 0 Å². The van der Waals surface area contributed by atoms with E-state index >= 15 is 0 Å². The van der Waals surface area contributed by atoms with Crippen molar-refractivity contribution in [2.24, 2.45) is 0 Å². The van der Waals surface area contributed by atoms with E-state index in [0.717, 1.165) is 16.6 Å². The van der Waals surface area contributed by atoms with Gasteiger partial charge in [-0.3, -0.25) is 4.79 Å². The highest BCUT2D eigenvalue weighted by molar-refractivity contribution is 6.06. The molecule has 2 aromatic carbocycles. The van der Waals surface area contributed by atoms with Crippen LogP contribution in [0.3, 0.4) is 0 Å². The van der Waals surface area contributed by atoms with Gasteiger partial charge in [0.25, 0.3) is 5.91 Å². The van der Waals surface area contributed by atoms with Crippen molar-refractivity contribution >= 4 is 22.9 Å². The van der Waals surface area contributed by atoms with E-state index in [-0.39, 0.29) is 11.5 Å². The minimum Gasteiger partial charge on any atom is -0.478 e. The molecule has 0 saturated heterocycles. The van der Waals surface area contributed by atoms with Crippen molar-refractivity contribution in [3.05, 3.63) is 53.6 Å². The number of nitrogens with zero attached hydrogens (tertiary/aromatic N) is 2. The Balaban J connectivity index is 2.00. The second kappa shape index (κ2) is 4.95. The summed E-state index contributed by atoms with van der Waals surface area (Å²) in [4.78, 5) is 28.0. The molecule has 0 aliphatic carbocycles. The van der Waals surface area contributed by atoms with E-state index in [4.69, 9.17) is 0 Å². The summed E-state index contributed by atoms with van der Waals surface area (Å²) >= 11 is 0. The number of carboxylic acids is 1. The van der Waals surface area contributed by atoms with Crippen LogP contribution in [0.4, 0.5) is 0 Å². The first kappa shape index (κ1) is 13.5. The molecule has 0 atom stereocenters. The third kappa shape index (κ3) is 2.07. The molecule has 1 aliphatic rings. The zero-order valence-corrected chi connectivity index (χ0v) is 12.1. The number of nitrogens with one attached hydrogen (secondary N) is 1. The number of hydrogen-bond donors (Lipinski definition) is 2. The molecule has 2 heterocycles. The van der Waals surface area contributed by atoms with Crippen LogP contribution in [0.1, 0.15) is 20.7 Å². The average molecular weight is 307 g/mol. The van der Waals surface area contributed by atoms with Crippen molar-refractivity contribution in [1.82, 2.24) is 14.9 Å². The van der Waals surface area contributed by atoms with Crippen molar-refractivity contribution in [2.45, 2.75) is 6.54 Å². The summed E-state index contributed by atoms with van der Waals surface area (Å²) in [6.45, 7) is 1.09. The van der Waals surface area contributed by atoms with Gasteiger partial charge in [0.1, 0.15) is 5.82 Å². The van der Waals surface area contributed by atoms with Crippen molar-refractivity contribution in [1.29, 1.82) is 0 Å². The number of rotatable bonds is 2. The van der Waals surface area contributed by atoms with Crippen molar-refractivity contribution in [3.8, 4) is 11.4 Å². The molecule has 4 rings (SSSR count). The molecule has 0 radical (unpaired) electrons. The average Bonchev–Trinajstić information content (AvgIpc) is 2.84. The van der Waals surface area contributed by atoms with Crippen LogP contribution < -0.4 is 5.32 Å². The number of carboxylic acid groups (broad SMARTS) is 1. The Morgan fingerprint density at radius 1 is 1.22 bits per heavy atom. The van der Waals surface area contributed by atoms with Crippen LogP contribution in [0.25, 0.3) is 22.4 Å². The molecule has 6 heteroatoms. The molecule has 1 aliphatic heterocycles. The van der Waals surface area contributed by atoms with Crippen LogP contribution in [0.5, 0.6) is 0 Å². The second-order valence-electron chi connectivity index (χ2n) is 5.40. The summed E-state index contributed by atoms with van der Waals surface area (Å²) < 4.78 is 1.98. The van der Waals surface area contributed by atoms with Crippen LogP contribution in [0.2, 0.25) is 0 Å². The molecular weight excluding hydrogens is 294 g/mol. The number of para-hydroxylation sites is 1. The van der Waals surface area contributed by atoms with Gasteiger partial charge >= 0.3 is 5.97 Å². The summed E-state index contributed by atoms with van der Waals surface area (Å²) in [6, 6.07) is 12.1. The molecule has 2 N–H and O–H groups in total. The Morgan fingerprint density at radius 2 is 2.04 bits per heavy atom. The van der Waals surface area contributed by atoms with E-state index in [1.807, 2.05) is 16.7 Å². The molecular formula is C17H13N3O3. The molecule has 1 aromatic heterocycles. The lowest BCUT2D eigenvalue weighted by Crippen LogP contribution is -2.24. The van der Waals surface area contributed by atoms with Crippen LogP contribution in [-0.4, -0.2) is 33.1 Å². The maximum Gasteiger partial charge on any atom is 0.335 e. The predicted molar refractivity (Wildman–Crippen MR) is 84.5 cm³/mol. The Kier molecular flexibility index (Phi) is 2.90. The van der Waals surface area contributed by atoms with Gasteiger partial charge in [-0.15, -0.1) is 0 Å².